The quantitative estimate of drug-likeness (QED) is 0.188. The third-order valence-electron chi connectivity index (χ3n) is 9.44. The third kappa shape index (κ3) is 4.45. The summed E-state index contributed by atoms with van der Waals surface area (Å²) in [7, 11) is 0. The molecule has 0 N–H and O–H groups in total. The summed E-state index contributed by atoms with van der Waals surface area (Å²) in [6.45, 7) is -2.12. The zero-order valence-electron chi connectivity index (χ0n) is 29.2. The Morgan fingerprint density at radius 2 is 1.43 bits per heavy atom. The number of pyridine rings is 1. The molecule has 0 saturated carbocycles. The van der Waals surface area contributed by atoms with Crippen molar-refractivity contribution in [3.63, 3.8) is 0 Å². The van der Waals surface area contributed by atoms with Crippen LogP contribution in [0.25, 0.3) is 60.7 Å². The van der Waals surface area contributed by atoms with Gasteiger partial charge in [-0.15, -0.1) is 0 Å². The second-order valence-corrected chi connectivity index (χ2v) is 12.3. The summed E-state index contributed by atoms with van der Waals surface area (Å²) >= 11 is 0. The van der Waals surface area contributed by atoms with Gasteiger partial charge in [-0.3, -0.25) is 4.57 Å². The number of ether oxygens (including phenoxy) is 1. The molecule has 0 aliphatic carbocycles. The van der Waals surface area contributed by atoms with Crippen LogP contribution in [0, 0.1) is 0 Å². The molecule has 1 aliphatic rings. The van der Waals surface area contributed by atoms with Crippen molar-refractivity contribution in [2.24, 2.45) is 0 Å². The Bertz CT molecular complexity index is 2830. The van der Waals surface area contributed by atoms with Gasteiger partial charge in [0.15, 0.2) is 0 Å². The van der Waals surface area contributed by atoms with E-state index in [1.165, 1.54) is 4.90 Å². The van der Waals surface area contributed by atoms with E-state index in [0.717, 1.165) is 72.1 Å². The van der Waals surface area contributed by atoms with E-state index in [1.807, 2.05) is 114 Å². The molecule has 49 heavy (non-hydrogen) atoms. The fourth-order valence-corrected chi connectivity index (χ4v) is 7.14. The van der Waals surface area contributed by atoms with E-state index in [9.17, 15) is 0 Å². The normalized spacial score (nSPS) is 14.0. The number of furan rings is 1. The second kappa shape index (κ2) is 10.8. The van der Waals surface area contributed by atoms with Crippen molar-refractivity contribution >= 4 is 60.8 Å². The molecule has 0 unspecified atom stereocenters. The predicted octanol–water partition coefficient (Wildman–Crippen LogP) is 11.1. The summed E-state index contributed by atoms with van der Waals surface area (Å²) in [5.41, 5.74) is 7.99. The van der Waals surface area contributed by atoms with Crippen molar-refractivity contribution in [2.75, 3.05) is 23.4 Å². The molecule has 9 aromatic rings. The van der Waals surface area contributed by atoms with Crippen LogP contribution < -0.4 is 14.5 Å². The minimum atomic E-state index is -2.30. The van der Waals surface area contributed by atoms with Gasteiger partial charge < -0.3 is 19.0 Å². The second-order valence-electron chi connectivity index (χ2n) is 12.3. The average Bonchev–Trinajstić information content (AvgIpc) is 3.84. The van der Waals surface area contributed by atoms with Crippen molar-refractivity contribution in [3.05, 3.63) is 152 Å². The molecule has 0 radical (unpaired) electrons. The number of nitrogens with zero attached hydrogens (tertiary/aromatic N) is 4. The van der Waals surface area contributed by atoms with Crippen molar-refractivity contribution < 1.29 is 13.3 Å². The summed E-state index contributed by atoms with van der Waals surface area (Å²) in [6.07, 6.45) is 1.88. The molecule has 4 heterocycles. The largest absolute Gasteiger partial charge is 0.457 e. The van der Waals surface area contributed by atoms with Crippen LogP contribution >= 0.6 is 0 Å². The molecule has 3 aromatic heterocycles. The van der Waals surface area contributed by atoms with E-state index in [2.05, 4.69) is 47.0 Å². The highest BCUT2D eigenvalue weighted by Gasteiger charge is 2.25. The summed E-state index contributed by atoms with van der Waals surface area (Å²) < 4.78 is 39.7. The third-order valence-corrected chi connectivity index (χ3v) is 9.44. The lowest BCUT2D eigenvalue weighted by Gasteiger charge is -2.20. The van der Waals surface area contributed by atoms with E-state index < -0.39 is 6.98 Å². The van der Waals surface area contributed by atoms with Gasteiger partial charge in [0.1, 0.15) is 28.5 Å². The van der Waals surface area contributed by atoms with Gasteiger partial charge in [-0.05, 0) is 59.7 Å². The fraction of sp³-hybridized carbons (Fsp3) is 0.0465. The molecule has 6 nitrogen and oxygen atoms in total. The number of fused-ring (bicyclic) bond motifs is 7. The first-order valence-corrected chi connectivity index (χ1v) is 16.2. The van der Waals surface area contributed by atoms with E-state index >= 15 is 0 Å². The van der Waals surface area contributed by atoms with Gasteiger partial charge in [0, 0.05) is 62.7 Å². The topological polar surface area (TPSA) is 46.7 Å². The summed E-state index contributed by atoms with van der Waals surface area (Å²) in [4.78, 5) is 8.42. The van der Waals surface area contributed by atoms with Crippen LogP contribution in [0.4, 0.5) is 17.1 Å². The molecule has 0 amide bonds. The first-order valence-electron chi connectivity index (χ1n) is 17.7. The van der Waals surface area contributed by atoms with Crippen molar-refractivity contribution in [1.29, 1.82) is 0 Å². The summed E-state index contributed by atoms with van der Waals surface area (Å²) in [5, 5.41) is 4.20. The maximum atomic E-state index is 8.27. The van der Waals surface area contributed by atoms with Crippen LogP contribution in [0.5, 0.6) is 11.5 Å². The molecule has 10 rings (SSSR count). The minimum Gasteiger partial charge on any atom is -0.457 e. The maximum absolute atomic E-state index is 8.27. The number of para-hydroxylation sites is 2. The summed E-state index contributed by atoms with van der Waals surface area (Å²) in [5.74, 6) is 2.04. The van der Waals surface area contributed by atoms with Gasteiger partial charge in [0.2, 0.25) is 0 Å². The van der Waals surface area contributed by atoms with Gasteiger partial charge in [-0.25, -0.2) is 4.98 Å². The van der Waals surface area contributed by atoms with Crippen molar-refractivity contribution in [1.82, 2.24) is 9.55 Å². The highest BCUT2D eigenvalue weighted by Crippen LogP contribution is 2.43. The van der Waals surface area contributed by atoms with E-state index in [4.69, 9.17) is 18.3 Å². The van der Waals surface area contributed by atoms with Crippen molar-refractivity contribution in [2.45, 2.75) is 0 Å². The molecular weight excluding hydrogens is 604 g/mol. The number of aromatic nitrogens is 2. The zero-order valence-corrected chi connectivity index (χ0v) is 26.2. The molecular formula is C43H30N4O2. The first kappa shape index (κ1) is 24.6. The Hall–Kier alpha value is -6.53. The van der Waals surface area contributed by atoms with Gasteiger partial charge >= 0.3 is 0 Å². The Labute approximate surface area is 286 Å². The minimum absolute atomic E-state index is 0.183. The smallest absolute Gasteiger partial charge is 0.141 e. The molecule has 0 fully saturated rings. The highest BCUT2D eigenvalue weighted by atomic mass is 16.5. The highest BCUT2D eigenvalue weighted by molar-refractivity contribution is 6.10. The van der Waals surface area contributed by atoms with Crippen LogP contribution in [0.3, 0.4) is 0 Å². The van der Waals surface area contributed by atoms with Gasteiger partial charge in [0.25, 0.3) is 0 Å². The van der Waals surface area contributed by atoms with Crippen LogP contribution in [-0.2, 0) is 0 Å². The molecule has 0 bridgehead atoms. The average molecular weight is 638 g/mol. The number of hydrogen-bond acceptors (Lipinski definition) is 5. The lowest BCUT2D eigenvalue weighted by atomic mass is 10.0. The Morgan fingerprint density at radius 3 is 2.35 bits per heavy atom. The molecule has 6 heteroatoms. The molecule has 234 valence electrons. The lowest BCUT2D eigenvalue weighted by molar-refractivity contribution is 0.483. The van der Waals surface area contributed by atoms with E-state index in [0.29, 0.717) is 17.2 Å². The van der Waals surface area contributed by atoms with Gasteiger partial charge in [-0.1, -0.05) is 78.9 Å². The SMILES string of the molecule is [2H]C([2H])([2H])N1CN(c2cccc(Oc3ccc4c5ccccc5n(-c5cc6oc7ccccc7c6cn5)c4c3)c2)c2cc(-c3ccccc3)ccc21. The molecule has 0 spiro atoms. The molecule has 0 saturated heterocycles. The Morgan fingerprint density at radius 1 is 0.612 bits per heavy atom. The van der Waals surface area contributed by atoms with Gasteiger partial charge in [-0.2, -0.15) is 0 Å². The van der Waals surface area contributed by atoms with Crippen LogP contribution in [0.2, 0.25) is 0 Å². The summed E-state index contributed by atoms with van der Waals surface area (Å²) in [6, 6.07) is 48.3. The maximum Gasteiger partial charge on any atom is 0.141 e. The van der Waals surface area contributed by atoms with Crippen LogP contribution in [-0.4, -0.2) is 23.2 Å². The number of benzene rings is 6. The molecule has 6 aromatic carbocycles. The number of hydrogen-bond donors (Lipinski definition) is 0. The van der Waals surface area contributed by atoms with Gasteiger partial charge in [0.05, 0.1) is 29.1 Å². The molecule has 1 aliphatic heterocycles. The first-order chi connectivity index (χ1) is 25.4. The number of anilines is 3. The van der Waals surface area contributed by atoms with E-state index in [1.54, 1.807) is 0 Å². The van der Waals surface area contributed by atoms with E-state index in [-0.39, 0.29) is 6.67 Å². The zero-order chi connectivity index (χ0) is 35.0. The van der Waals surface area contributed by atoms with Crippen LogP contribution in [0.1, 0.15) is 4.11 Å². The predicted molar refractivity (Wildman–Crippen MR) is 200 cm³/mol. The Kier molecular flexibility index (Phi) is 5.40. The standard InChI is InChI=1S/C43H30N4O2/c1-45-27-46(40-22-29(18-21-38(40)45)28-10-3-2-4-11-28)30-12-9-13-31(23-30)48-32-19-20-34-33-14-5-7-16-37(33)47(39(34)24-32)43-25-42-36(26-44-43)35-15-6-8-17-41(35)49-42/h2-26H,27H2,1H3/i1D3. The molecule has 0 atom stereocenters. The monoisotopic (exact) mass is 637 g/mol. The fourth-order valence-electron chi connectivity index (χ4n) is 7.14. The van der Waals surface area contributed by atoms with Crippen LogP contribution in [0.15, 0.2) is 156 Å². The van der Waals surface area contributed by atoms with Crippen molar-refractivity contribution in [3.8, 4) is 28.4 Å². The lowest BCUT2D eigenvalue weighted by Crippen LogP contribution is -2.23. The Balaban J connectivity index is 1.04. The number of rotatable bonds is 5.